The van der Waals surface area contributed by atoms with Crippen LogP contribution in [0.5, 0.6) is 0 Å². The number of hydrogen-bond donors (Lipinski definition) is 1. The molecule has 0 saturated carbocycles. The normalized spacial score (nSPS) is 23.8. The molecule has 0 spiro atoms. The van der Waals surface area contributed by atoms with Crippen LogP contribution >= 0.6 is 0 Å². The van der Waals surface area contributed by atoms with Crippen LogP contribution in [0, 0.1) is 12.8 Å². The lowest BCUT2D eigenvalue weighted by molar-refractivity contribution is 0.0780. The summed E-state index contributed by atoms with van der Waals surface area (Å²) in [5.41, 5.74) is 2.30. The monoisotopic (exact) mass is 375 g/mol. The van der Waals surface area contributed by atoms with Crippen LogP contribution in [-0.2, 0) is 0 Å². The van der Waals surface area contributed by atoms with E-state index < -0.39 is 0 Å². The van der Waals surface area contributed by atoms with Crippen molar-refractivity contribution < 1.29 is 4.79 Å². The second-order valence-corrected chi connectivity index (χ2v) is 7.42. The summed E-state index contributed by atoms with van der Waals surface area (Å²) in [7, 11) is 0. The number of likely N-dealkylation sites (tertiary alicyclic amines) is 1. The molecule has 2 aliphatic heterocycles. The maximum atomic E-state index is 13.2. The molecule has 8 nitrogen and oxygen atoms in total. The number of nitrogens with zero attached hydrogens (tertiary/aromatic N) is 6. The van der Waals surface area contributed by atoms with E-state index in [4.69, 9.17) is 0 Å². The second kappa shape index (κ2) is 6.79. The van der Waals surface area contributed by atoms with Gasteiger partial charge < -0.3 is 10.2 Å². The van der Waals surface area contributed by atoms with Crippen molar-refractivity contribution in [3.63, 3.8) is 0 Å². The molecule has 0 aliphatic carbocycles. The fraction of sp³-hybridized carbons (Fsp3) is 0.350. The van der Waals surface area contributed by atoms with Gasteiger partial charge in [0.1, 0.15) is 5.82 Å². The Morgan fingerprint density at radius 1 is 1.11 bits per heavy atom. The van der Waals surface area contributed by atoms with Gasteiger partial charge in [-0.3, -0.25) is 4.79 Å². The van der Waals surface area contributed by atoms with Crippen LogP contribution in [0.25, 0.3) is 5.69 Å². The van der Waals surface area contributed by atoms with E-state index in [1.807, 2.05) is 48.4 Å². The minimum atomic E-state index is 0.0208. The first-order valence-electron chi connectivity index (χ1n) is 9.49. The van der Waals surface area contributed by atoms with Crippen molar-refractivity contribution in [3.05, 3.63) is 66.0 Å². The zero-order chi connectivity index (χ0) is 19.1. The molecule has 142 valence electrons. The summed E-state index contributed by atoms with van der Waals surface area (Å²) in [6, 6.07) is 9.81. The number of nitrogens with one attached hydrogen (secondary N) is 1. The summed E-state index contributed by atoms with van der Waals surface area (Å²) < 4.78 is 0. The molecule has 1 amide bonds. The van der Waals surface area contributed by atoms with Crippen molar-refractivity contribution in [3.8, 4) is 5.69 Å². The number of benzene rings is 1. The van der Waals surface area contributed by atoms with Gasteiger partial charge in [-0.05, 0) is 37.5 Å². The number of aromatic nitrogens is 5. The molecule has 28 heavy (non-hydrogen) atoms. The molecule has 8 heteroatoms. The zero-order valence-electron chi connectivity index (χ0n) is 15.6. The summed E-state index contributed by atoms with van der Waals surface area (Å²) in [5, 5.41) is 12.0. The van der Waals surface area contributed by atoms with E-state index in [2.05, 4.69) is 25.5 Å². The molecule has 4 heterocycles. The van der Waals surface area contributed by atoms with E-state index >= 15 is 0 Å². The van der Waals surface area contributed by atoms with E-state index in [-0.39, 0.29) is 18.0 Å². The van der Waals surface area contributed by atoms with Gasteiger partial charge in [0.25, 0.3) is 5.91 Å². The molecular formula is C20H21N7O. The van der Waals surface area contributed by atoms with Gasteiger partial charge in [-0.15, -0.1) is 0 Å². The highest BCUT2D eigenvalue weighted by atomic mass is 16.2. The number of amides is 1. The van der Waals surface area contributed by atoms with Crippen LogP contribution in [0.1, 0.15) is 34.3 Å². The zero-order valence-corrected chi connectivity index (χ0v) is 15.6. The third-order valence-corrected chi connectivity index (χ3v) is 5.58. The molecule has 2 aliphatic rings. The molecule has 0 bridgehead atoms. The summed E-state index contributed by atoms with van der Waals surface area (Å²) in [4.78, 5) is 25.6. The van der Waals surface area contributed by atoms with E-state index in [0.29, 0.717) is 23.7 Å². The minimum absolute atomic E-state index is 0.0208. The van der Waals surface area contributed by atoms with Crippen LogP contribution in [0.15, 0.2) is 48.9 Å². The lowest BCUT2D eigenvalue weighted by Crippen LogP contribution is -2.35. The number of rotatable bonds is 3. The average molecular weight is 375 g/mol. The van der Waals surface area contributed by atoms with Gasteiger partial charge in [0.15, 0.2) is 0 Å². The third kappa shape index (κ3) is 2.95. The summed E-state index contributed by atoms with van der Waals surface area (Å²) in [5.74, 6) is 1.28. The molecule has 2 fully saturated rings. The maximum Gasteiger partial charge on any atom is 0.256 e. The van der Waals surface area contributed by atoms with Crippen LogP contribution in [-0.4, -0.2) is 54.9 Å². The van der Waals surface area contributed by atoms with Crippen molar-refractivity contribution in [1.29, 1.82) is 0 Å². The number of carbonyl (C=O) groups excluding carboxylic acids is 1. The Morgan fingerprint density at radius 2 is 1.93 bits per heavy atom. The molecule has 2 saturated heterocycles. The Hall–Kier alpha value is -3.13. The molecular weight excluding hydrogens is 354 g/mol. The van der Waals surface area contributed by atoms with Gasteiger partial charge >= 0.3 is 0 Å². The molecule has 2 aromatic heterocycles. The van der Waals surface area contributed by atoms with Gasteiger partial charge in [0.2, 0.25) is 0 Å². The summed E-state index contributed by atoms with van der Waals surface area (Å²) in [6.07, 6.45) is 5.97. The second-order valence-electron chi connectivity index (χ2n) is 7.42. The van der Waals surface area contributed by atoms with Crippen LogP contribution in [0.3, 0.4) is 0 Å². The molecule has 5 rings (SSSR count). The Labute approximate surface area is 162 Å². The molecule has 1 N–H and O–H groups in total. The Balaban J connectivity index is 1.32. The van der Waals surface area contributed by atoms with Crippen LogP contribution < -0.4 is 5.32 Å². The predicted octanol–water partition coefficient (Wildman–Crippen LogP) is 1.54. The summed E-state index contributed by atoms with van der Waals surface area (Å²) >= 11 is 0. The van der Waals surface area contributed by atoms with Crippen LogP contribution in [0.2, 0.25) is 0 Å². The number of fused-ring (bicyclic) bond motifs is 1. The molecule has 3 atom stereocenters. The third-order valence-electron chi connectivity index (χ3n) is 5.58. The quantitative estimate of drug-likeness (QED) is 0.747. The molecule has 3 unspecified atom stereocenters. The highest BCUT2D eigenvalue weighted by molar-refractivity contribution is 5.98. The fourth-order valence-electron chi connectivity index (χ4n) is 4.25. The first kappa shape index (κ1) is 17.0. The smallest absolute Gasteiger partial charge is 0.256 e. The Morgan fingerprint density at radius 3 is 2.71 bits per heavy atom. The fourth-order valence-corrected chi connectivity index (χ4v) is 4.25. The Bertz CT molecular complexity index is 989. The van der Waals surface area contributed by atoms with Gasteiger partial charge in [0.05, 0.1) is 29.7 Å². The van der Waals surface area contributed by atoms with E-state index in [1.165, 1.54) is 4.80 Å². The first-order valence-corrected chi connectivity index (χ1v) is 9.49. The van der Waals surface area contributed by atoms with Crippen molar-refractivity contribution >= 4 is 5.91 Å². The van der Waals surface area contributed by atoms with E-state index in [9.17, 15) is 4.79 Å². The number of aryl methyl sites for hydroxylation is 1. The van der Waals surface area contributed by atoms with Gasteiger partial charge in [-0.1, -0.05) is 12.1 Å². The lowest BCUT2D eigenvalue weighted by Gasteiger charge is -2.20. The first-order chi connectivity index (χ1) is 13.7. The van der Waals surface area contributed by atoms with Crippen molar-refractivity contribution in [2.75, 3.05) is 13.1 Å². The summed E-state index contributed by atoms with van der Waals surface area (Å²) in [6.45, 7) is 3.40. The standard InChI is InChI=1S/C20H21N7O/c1-13-6-7-21-19(24-13)16-10-14-11-26(12-17(14)25-16)20(28)15-4-2-3-5-18(15)27-22-8-9-23-27/h2-9,14,16-17,25H,10-12H2,1H3. The van der Waals surface area contributed by atoms with Gasteiger partial charge in [-0.2, -0.15) is 15.0 Å². The maximum absolute atomic E-state index is 13.2. The molecule has 3 aromatic rings. The van der Waals surface area contributed by atoms with Crippen molar-refractivity contribution in [1.82, 2.24) is 35.2 Å². The number of carbonyl (C=O) groups is 1. The SMILES string of the molecule is Cc1ccnc(C2CC3CN(C(=O)c4ccccc4-n4nccn4)CC3N2)n1. The molecule has 1 aromatic carbocycles. The largest absolute Gasteiger partial charge is 0.337 e. The molecule has 0 radical (unpaired) electrons. The average Bonchev–Trinajstić information content (AvgIpc) is 3.43. The van der Waals surface area contributed by atoms with Gasteiger partial charge in [0, 0.05) is 31.0 Å². The van der Waals surface area contributed by atoms with Crippen molar-refractivity contribution in [2.24, 2.45) is 5.92 Å². The van der Waals surface area contributed by atoms with E-state index in [0.717, 1.165) is 24.5 Å². The van der Waals surface area contributed by atoms with Crippen LogP contribution in [0.4, 0.5) is 0 Å². The number of hydrogen-bond acceptors (Lipinski definition) is 6. The lowest BCUT2D eigenvalue weighted by atomic mass is 10.0. The Kier molecular flexibility index (Phi) is 4.12. The van der Waals surface area contributed by atoms with Crippen molar-refractivity contribution in [2.45, 2.75) is 25.4 Å². The topological polar surface area (TPSA) is 88.8 Å². The highest BCUT2D eigenvalue weighted by Crippen LogP contribution is 2.35. The number of para-hydroxylation sites is 1. The van der Waals surface area contributed by atoms with Gasteiger partial charge in [-0.25, -0.2) is 9.97 Å². The van der Waals surface area contributed by atoms with E-state index in [1.54, 1.807) is 12.4 Å². The minimum Gasteiger partial charge on any atom is -0.337 e. The predicted molar refractivity (Wildman–Crippen MR) is 102 cm³/mol. The highest BCUT2D eigenvalue weighted by Gasteiger charge is 2.43.